The smallest absolute Gasteiger partial charge is 0.235 e. The Hall–Kier alpha value is -1.74. The van der Waals surface area contributed by atoms with E-state index in [9.17, 15) is 4.79 Å². The SMILES string of the molecule is Cc1ccc(C(C)(C)C)cc1S[C@@H](C(N)=O)c1ccccc1. The second-order valence-corrected chi connectivity index (χ2v) is 7.69. The average Bonchev–Trinajstić information content (AvgIpc) is 2.45. The second-order valence-electron chi connectivity index (χ2n) is 6.54. The van der Waals surface area contributed by atoms with Crippen LogP contribution in [0.15, 0.2) is 53.4 Å². The monoisotopic (exact) mass is 313 g/mol. The summed E-state index contributed by atoms with van der Waals surface area (Å²) in [6.07, 6.45) is 0. The zero-order valence-electron chi connectivity index (χ0n) is 13.6. The van der Waals surface area contributed by atoms with E-state index in [1.54, 1.807) is 0 Å². The number of carbonyl (C=O) groups excluding carboxylic acids is 1. The van der Waals surface area contributed by atoms with E-state index in [2.05, 4.69) is 45.9 Å². The molecule has 2 aromatic rings. The van der Waals surface area contributed by atoms with Gasteiger partial charge in [-0.15, -0.1) is 11.8 Å². The van der Waals surface area contributed by atoms with Gasteiger partial charge in [-0.3, -0.25) is 4.79 Å². The van der Waals surface area contributed by atoms with Gasteiger partial charge in [-0.2, -0.15) is 0 Å². The fraction of sp³-hybridized carbons (Fsp3) is 0.316. The van der Waals surface area contributed by atoms with Crippen molar-refractivity contribution in [3.05, 3.63) is 65.2 Å². The number of amides is 1. The lowest BCUT2D eigenvalue weighted by atomic mass is 9.87. The number of rotatable bonds is 4. The molecule has 2 nitrogen and oxygen atoms in total. The molecule has 3 heteroatoms. The van der Waals surface area contributed by atoms with Crippen LogP contribution in [0.25, 0.3) is 0 Å². The molecule has 0 aliphatic heterocycles. The highest BCUT2D eigenvalue weighted by molar-refractivity contribution is 8.00. The first-order valence-electron chi connectivity index (χ1n) is 7.41. The van der Waals surface area contributed by atoms with Crippen molar-refractivity contribution in [3.8, 4) is 0 Å². The summed E-state index contributed by atoms with van der Waals surface area (Å²) < 4.78 is 0. The standard InChI is InChI=1S/C19H23NOS/c1-13-10-11-15(19(2,3)4)12-16(13)22-17(18(20)21)14-8-6-5-7-9-14/h5-12,17H,1-4H3,(H2,20,21)/t17-/m1/s1. The number of thioether (sulfide) groups is 1. The Morgan fingerprint density at radius 1 is 1.09 bits per heavy atom. The minimum absolute atomic E-state index is 0.0813. The van der Waals surface area contributed by atoms with Crippen molar-refractivity contribution in [2.24, 2.45) is 5.73 Å². The average molecular weight is 313 g/mol. The summed E-state index contributed by atoms with van der Waals surface area (Å²) in [4.78, 5) is 13.0. The van der Waals surface area contributed by atoms with Crippen LogP contribution in [-0.2, 0) is 10.2 Å². The molecule has 22 heavy (non-hydrogen) atoms. The number of aryl methyl sites for hydroxylation is 1. The van der Waals surface area contributed by atoms with Crippen LogP contribution in [0.5, 0.6) is 0 Å². The molecular weight excluding hydrogens is 290 g/mol. The highest BCUT2D eigenvalue weighted by atomic mass is 32.2. The van der Waals surface area contributed by atoms with Gasteiger partial charge in [-0.25, -0.2) is 0 Å². The van der Waals surface area contributed by atoms with Gasteiger partial charge >= 0.3 is 0 Å². The van der Waals surface area contributed by atoms with Crippen molar-refractivity contribution in [2.45, 2.75) is 43.3 Å². The summed E-state index contributed by atoms with van der Waals surface area (Å²) in [5.41, 5.74) is 9.08. The molecule has 0 spiro atoms. The van der Waals surface area contributed by atoms with Gasteiger partial charge < -0.3 is 5.73 Å². The molecule has 1 atom stereocenters. The van der Waals surface area contributed by atoms with Crippen LogP contribution in [0.3, 0.4) is 0 Å². The molecule has 0 fully saturated rings. The van der Waals surface area contributed by atoms with Crippen LogP contribution in [0.1, 0.15) is 42.7 Å². The largest absolute Gasteiger partial charge is 0.368 e. The number of primary amides is 1. The second kappa shape index (κ2) is 6.57. The highest BCUT2D eigenvalue weighted by Gasteiger charge is 2.21. The van der Waals surface area contributed by atoms with Crippen LogP contribution >= 0.6 is 11.8 Å². The van der Waals surface area contributed by atoms with Crippen LogP contribution in [0.4, 0.5) is 0 Å². The van der Waals surface area contributed by atoms with Gasteiger partial charge in [0.1, 0.15) is 5.25 Å². The van der Waals surface area contributed by atoms with Crippen molar-refractivity contribution in [1.82, 2.24) is 0 Å². The molecule has 0 aliphatic carbocycles. The Morgan fingerprint density at radius 2 is 1.73 bits per heavy atom. The number of hydrogen-bond donors (Lipinski definition) is 1. The third kappa shape index (κ3) is 3.92. The van der Waals surface area contributed by atoms with Gasteiger partial charge in [0.15, 0.2) is 0 Å². The van der Waals surface area contributed by atoms with Gasteiger partial charge in [0, 0.05) is 4.90 Å². The molecule has 116 valence electrons. The molecular formula is C19H23NOS. The molecule has 0 saturated heterocycles. The van der Waals surface area contributed by atoms with E-state index < -0.39 is 0 Å². The minimum Gasteiger partial charge on any atom is -0.368 e. The number of hydrogen-bond acceptors (Lipinski definition) is 2. The molecule has 2 aromatic carbocycles. The molecule has 0 radical (unpaired) electrons. The summed E-state index contributed by atoms with van der Waals surface area (Å²) in [7, 11) is 0. The Bertz CT molecular complexity index is 659. The lowest BCUT2D eigenvalue weighted by molar-refractivity contribution is -0.117. The fourth-order valence-electron chi connectivity index (χ4n) is 2.24. The zero-order chi connectivity index (χ0) is 16.3. The molecule has 0 bridgehead atoms. The summed E-state index contributed by atoms with van der Waals surface area (Å²) in [5.74, 6) is -0.309. The van der Waals surface area contributed by atoms with E-state index in [0.29, 0.717) is 0 Å². The Labute approximate surface area is 137 Å². The van der Waals surface area contributed by atoms with Gasteiger partial charge in [0.2, 0.25) is 5.91 Å². The lowest BCUT2D eigenvalue weighted by Gasteiger charge is -2.22. The van der Waals surface area contributed by atoms with E-state index in [0.717, 1.165) is 10.5 Å². The number of nitrogens with two attached hydrogens (primary N) is 1. The van der Waals surface area contributed by atoms with Crippen LogP contribution in [0.2, 0.25) is 0 Å². The molecule has 0 saturated carbocycles. The minimum atomic E-state index is -0.366. The van der Waals surface area contributed by atoms with Gasteiger partial charge in [-0.05, 0) is 35.1 Å². The lowest BCUT2D eigenvalue weighted by Crippen LogP contribution is -2.19. The maximum atomic E-state index is 11.9. The number of benzene rings is 2. The maximum absolute atomic E-state index is 11.9. The summed E-state index contributed by atoms with van der Waals surface area (Å²) in [6.45, 7) is 8.64. The molecule has 1 amide bonds. The summed E-state index contributed by atoms with van der Waals surface area (Å²) in [6, 6.07) is 16.2. The number of carbonyl (C=O) groups is 1. The van der Waals surface area contributed by atoms with Crippen molar-refractivity contribution in [2.75, 3.05) is 0 Å². The van der Waals surface area contributed by atoms with Crippen LogP contribution < -0.4 is 5.73 Å². The molecule has 0 unspecified atom stereocenters. The third-order valence-corrected chi connectivity index (χ3v) is 5.09. The highest BCUT2D eigenvalue weighted by Crippen LogP contribution is 2.38. The Morgan fingerprint density at radius 3 is 2.27 bits per heavy atom. The predicted octanol–water partition coefficient (Wildman–Crippen LogP) is 4.61. The quantitative estimate of drug-likeness (QED) is 0.838. The summed E-state index contributed by atoms with van der Waals surface area (Å²) in [5, 5.41) is -0.366. The molecule has 2 rings (SSSR count). The van der Waals surface area contributed by atoms with E-state index in [4.69, 9.17) is 5.73 Å². The van der Waals surface area contributed by atoms with E-state index in [1.165, 1.54) is 22.9 Å². The first-order chi connectivity index (χ1) is 10.3. The van der Waals surface area contributed by atoms with Gasteiger partial charge in [0.25, 0.3) is 0 Å². The van der Waals surface area contributed by atoms with Crippen molar-refractivity contribution >= 4 is 17.7 Å². The summed E-state index contributed by atoms with van der Waals surface area (Å²) >= 11 is 1.53. The van der Waals surface area contributed by atoms with Gasteiger partial charge in [0.05, 0.1) is 0 Å². The first-order valence-corrected chi connectivity index (χ1v) is 8.29. The van der Waals surface area contributed by atoms with E-state index in [1.807, 2.05) is 30.3 Å². The molecule has 0 aliphatic rings. The topological polar surface area (TPSA) is 43.1 Å². The van der Waals surface area contributed by atoms with E-state index >= 15 is 0 Å². The third-order valence-electron chi connectivity index (χ3n) is 3.66. The zero-order valence-corrected chi connectivity index (χ0v) is 14.4. The van der Waals surface area contributed by atoms with Crippen molar-refractivity contribution in [1.29, 1.82) is 0 Å². The van der Waals surface area contributed by atoms with Crippen LogP contribution in [-0.4, -0.2) is 5.91 Å². The van der Waals surface area contributed by atoms with Crippen LogP contribution in [0, 0.1) is 6.92 Å². The first kappa shape index (κ1) is 16.6. The van der Waals surface area contributed by atoms with Gasteiger partial charge in [-0.1, -0.05) is 63.2 Å². The van der Waals surface area contributed by atoms with Crippen molar-refractivity contribution < 1.29 is 4.79 Å². The Kier molecular flexibility index (Phi) is 4.97. The molecule has 0 aromatic heterocycles. The predicted molar refractivity (Wildman–Crippen MR) is 94.1 cm³/mol. The fourth-order valence-corrected chi connectivity index (χ4v) is 3.35. The Balaban J connectivity index is 2.37. The maximum Gasteiger partial charge on any atom is 0.235 e. The molecule has 0 heterocycles. The van der Waals surface area contributed by atoms with Crippen molar-refractivity contribution in [3.63, 3.8) is 0 Å². The van der Waals surface area contributed by atoms with E-state index in [-0.39, 0.29) is 16.6 Å². The molecule has 2 N–H and O–H groups in total. The normalized spacial score (nSPS) is 12.9.